The summed E-state index contributed by atoms with van der Waals surface area (Å²) in [5.74, 6) is -1.19. The lowest BCUT2D eigenvalue weighted by Gasteiger charge is -2.43. The van der Waals surface area contributed by atoms with Crippen LogP contribution < -0.4 is 26.6 Å². The van der Waals surface area contributed by atoms with E-state index < -0.39 is 59.8 Å². The minimum Gasteiger partial charge on any atom is -0.496 e. The van der Waals surface area contributed by atoms with Gasteiger partial charge in [0.15, 0.2) is 0 Å². The highest BCUT2D eigenvalue weighted by Gasteiger charge is 2.49. The van der Waals surface area contributed by atoms with Gasteiger partial charge in [-0.15, -0.1) is 0 Å². The molecule has 0 amide bonds. The molecule has 2 atom stereocenters. The van der Waals surface area contributed by atoms with E-state index in [1.165, 1.54) is 6.07 Å². The zero-order valence-corrected chi connectivity index (χ0v) is 28.5. The fourth-order valence-electron chi connectivity index (χ4n) is 5.60. The maximum Gasteiger partial charge on any atom is 0.389 e. The quantitative estimate of drug-likeness (QED) is 0.0914. The first-order valence-corrected chi connectivity index (χ1v) is 16.0. The summed E-state index contributed by atoms with van der Waals surface area (Å²) in [6.45, 7) is 9.58. The Morgan fingerprint density at radius 3 is 2.23 bits per heavy atom. The normalized spacial score (nSPS) is 14.5. The van der Waals surface area contributed by atoms with Crippen molar-refractivity contribution in [3.8, 4) is 22.6 Å². The van der Waals surface area contributed by atoms with Gasteiger partial charge in [0.05, 0.1) is 37.7 Å². The lowest BCUT2D eigenvalue weighted by molar-refractivity contribution is -0.170. The zero-order chi connectivity index (χ0) is 35.2. The summed E-state index contributed by atoms with van der Waals surface area (Å²) in [6.07, 6.45) is -1.41. The van der Waals surface area contributed by atoms with Gasteiger partial charge in [0, 0.05) is 34.0 Å². The zero-order valence-electron chi connectivity index (χ0n) is 28.5. The number of unbranched alkanes of at least 4 members (excludes halogenated alkanes) is 2. The van der Waals surface area contributed by atoms with Crippen molar-refractivity contribution in [2.45, 2.75) is 97.3 Å². The lowest BCUT2D eigenvalue weighted by Crippen LogP contribution is -2.58. The van der Waals surface area contributed by atoms with Crippen molar-refractivity contribution in [3.05, 3.63) is 58.4 Å². The number of rotatable bonds is 16. The Bertz CT molecular complexity index is 1570. The van der Waals surface area contributed by atoms with Gasteiger partial charge in [0.25, 0.3) is 0 Å². The lowest BCUT2D eigenvalue weighted by atomic mass is 9.67. The molecule has 0 aliphatic carbocycles. The standard InChI is InChI=1S/C36H49F3N2O6/c1-8-9-10-11-23-12-15-27(30(16-23)44-7)28-17-25-13-14-26(18-29(25)47-31(28)42)45-20-24(19-36(37,38)39)21-46-32(43)35(6,34(4,5)41)22-33(2,3)40/h12-18,24H,8-11,19-22,40-41H2,1-7H3. The largest absolute Gasteiger partial charge is 0.496 e. The SMILES string of the molecule is CCCCCc1ccc(-c2cc3ccc(OCC(COC(=O)C(C)(CC(C)(C)N)C(C)(C)N)CC(F)(F)F)cc3oc2=O)c(OC)c1. The molecular formula is C36H49F3N2O6. The maximum absolute atomic E-state index is 13.5. The molecule has 0 bridgehead atoms. The van der Waals surface area contributed by atoms with Crippen molar-refractivity contribution < 1.29 is 36.6 Å². The number of carbonyl (C=O) groups excluding carboxylic acids is 1. The van der Waals surface area contributed by atoms with Gasteiger partial charge >= 0.3 is 17.8 Å². The van der Waals surface area contributed by atoms with Gasteiger partial charge < -0.3 is 30.1 Å². The van der Waals surface area contributed by atoms with E-state index in [-0.39, 0.29) is 17.8 Å². The second kappa shape index (κ2) is 15.1. The van der Waals surface area contributed by atoms with Crippen LogP contribution in [0.1, 0.15) is 79.2 Å². The molecule has 2 aromatic carbocycles. The molecule has 0 aliphatic rings. The van der Waals surface area contributed by atoms with Crippen molar-refractivity contribution in [3.63, 3.8) is 0 Å². The summed E-state index contributed by atoms with van der Waals surface area (Å²) in [6, 6.07) is 12.1. The first-order valence-electron chi connectivity index (χ1n) is 16.0. The van der Waals surface area contributed by atoms with E-state index in [2.05, 4.69) is 6.92 Å². The summed E-state index contributed by atoms with van der Waals surface area (Å²) >= 11 is 0. The van der Waals surface area contributed by atoms with E-state index in [1.807, 2.05) is 18.2 Å². The van der Waals surface area contributed by atoms with Gasteiger partial charge in [-0.3, -0.25) is 4.79 Å². The number of hydrogen-bond donors (Lipinski definition) is 2. The van der Waals surface area contributed by atoms with Crippen molar-refractivity contribution in [2.75, 3.05) is 20.3 Å². The number of aryl methyl sites for hydroxylation is 1. The molecule has 1 aromatic heterocycles. The fraction of sp³-hybridized carbons (Fsp3) is 0.556. The number of esters is 1. The van der Waals surface area contributed by atoms with Crippen LogP contribution in [0.3, 0.4) is 0 Å². The first kappa shape index (κ1) is 37.9. The summed E-state index contributed by atoms with van der Waals surface area (Å²) in [7, 11) is 1.55. The smallest absolute Gasteiger partial charge is 0.389 e. The number of methoxy groups -OCH3 is 1. The number of fused-ring (bicyclic) bond motifs is 1. The van der Waals surface area contributed by atoms with Crippen LogP contribution in [0, 0.1) is 11.3 Å². The van der Waals surface area contributed by atoms with Gasteiger partial charge in [-0.1, -0.05) is 31.9 Å². The summed E-state index contributed by atoms with van der Waals surface area (Å²) < 4.78 is 62.8. The highest BCUT2D eigenvalue weighted by Crippen LogP contribution is 2.38. The third-order valence-electron chi connectivity index (χ3n) is 8.47. The van der Waals surface area contributed by atoms with Crippen LogP contribution >= 0.6 is 0 Å². The molecule has 260 valence electrons. The number of hydrogen-bond acceptors (Lipinski definition) is 8. The number of benzene rings is 2. The molecule has 0 aliphatic heterocycles. The van der Waals surface area contributed by atoms with Gasteiger partial charge in [0.2, 0.25) is 0 Å². The Morgan fingerprint density at radius 1 is 0.936 bits per heavy atom. The second-order valence-electron chi connectivity index (χ2n) is 14.0. The van der Waals surface area contributed by atoms with Crippen LogP contribution in [-0.2, 0) is 16.0 Å². The molecule has 2 unspecified atom stereocenters. The van der Waals surface area contributed by atoms with Gasteiger partial charge in [-0.2, -0.15) is 13.2 Å². The third kappa shape index (κ3) is 10.5. The molecule has 1 heterocycles. The van der Waals surface area contributed by atoms with E-state index in [0.29, 0.717) is 22.3 Å². The number of alkyl halides is 3. The molecule has 0 saturated carbocycles. The molecule has 0 spiro atoms. The number of halogens is 3. The Morgan fingerprint density at radius 2 is 1.64 bits per heavy atom. The molecule has 0 radical (unpaired) electrons. The van der Waals surface area contributed by atoms with Crippen LogP contribution in [0.5, 0.6) is 11.5 Å². The molecule has 4 N–H and O–H groups in total. The predicted octanol–water partition coefficient (Wildman–Crippen LogP) is 7.56. The summed E-state index contributed by atoms with van der Waals surface area (Å²) in [5, 5.41) is 0.591. The highest BCUT2D eigenvalue weighted by molar-refractivity contribution is 5.84. The minimum absolute atomic E-state index is 0.157. The van der Waals surface area contributed by atoms with E-state index in [1.54, 1.807) is 59.9 Å². The number of carbonyl (C=O) groups is 1. The van der Waals surface area contributed by atoms with Gasteiger partial charge in [-0.25, -0.2) is 4.79 Å². The minimum atomic E-state index is -4.53. The molecule has 8 nitrogen and oxygen atoms in total. The summed E-state index contributed by atoms with van der Waals surface area (Å²) in [4.78, 5) is 26.3. The van der Waals surface area contributed by atoms with Gasteiger partial charge in [-0.05, 0) is 83.7 Å². The van der Waals surface area contributed by atoms with Crippen LogP contribution in [0.4, 0.5) is 13.2 Å². The Balaban J connectivity index is 1.79. The second-order valence-corrected chi connectivity index (χ2v) is 14.0. The molecule has 11 heteroatoms. The Labute approximate surface area is 274 Å². The van der Waals surface area contributed by atoms with E-state index in [9.17, 15) is 22.8 Å². The average Bonchev–Trinajstić information content (AvgIpc) is 2.96. The molecule has 47 heavy (non-hydrogen) atoms. The third-order valence-corrected chi connectivity index (χ3v) is 8.47. The molecule has 0 saturated heterocycles. The fourth-order valence-corrected chi connectivity index (χ4v) is 5.60. The molecular weight excluding hydrogens is 613 g/mol. The molecule has 3 aromatic rings. The van der Waals surface area contributed by atoms with E-state index in [0.717, 1.165) is 31.2 Å². The van der Waals surface area contributed by atoms with Crippen molar-refractivity contribution in [2.24, 2.45) is 22.8 Å². The van der Waals surface area contributed by atoms with Crippen molar-refractivity contribution >= 4 is 16.9 Å². The van der Waals surface area contributed by atoms with Gasteiger partial charge in [0.1, 0.15) is 17.1 Å². The number of ether oxygens (including phenoxy) is 3. The number of nitrogens with two attached hydrogens (primary N) is 2. The predicted molar refractivity (Wildman–Crippen MR) is 178 cm³/mol. The van der Waals surface area contributed by atoms with Crippen LogP contribution in [-0.4, -0.2) is 43.5 Å². The van der Waals surface area contributed by atoms with Crippen LogP contribution in [0.25, 0.3) is 22.1 Å². The van der Waals surface area contributed by atoms with Crippen LogP contribution in [0.2, 0.25) is 0 Å². The topological polar surface area (TPSA) is 127 Å². The van der Waals surface area contributed by atoms with Crippen molar-refractivity contribution in [1.82, 2.24) is 0 Å². The molecule has 3 rings (SSSR count). The van der Waals surface area contributed by atoms with Crippen LogP contribution in [0.15, 0.2) is 51.7 Å². The Hall–Kier alpha value is -3.57. The molecule has 0 fully saturated rings. The average molecular weight is 663 g/mol. The summed E-state index contributed by atoms with van der Waals surface area (Å²) in [5.41, 5.74) is 11.0. The van der Waals surface area contributed by atoms with Crippen molar-refractivity contribution in [1.29, 1.82) is 0 Å². The maximum atomic E-state index is 13.5. The van der Waals surface area contributed by atoms with E-state index >= 15 is 0 Å². The highest BCUT2D eigenvalue weighted by atomic mass is 19.4. The Kier molecular flexibility index (Phi) is 12.2. The van der Waals surface area contributed by atoms with E-state index in [4.69, 9.17) is 30.1 Å². The monoisotopic (exact) mass is 662 g/mol. The first-order chi connectivity index (χ1) is 21.8.